The Labute approximate surface area is 134 Å². The summed E-state index contributed by atoms with van der Waals surface area (Å²) in [5, 5.41) is 23.0. The zero-order valence-electron chi connectivity index (χ0n) is 12.2. The molecule has 7 nitrogen and oxygen atoms in total. The van der Waals surface area contributed by atoms with Gasteiger partial charge >= 0.3 is 0 Å². The molecule has 1 unspecified atom stereocenters. The number of amides is 1. The zero-order chi connectivity index (χ0) is 17.9. The minimum atomic E-state index is -1.14. The summed E-state index contributed by atoms with van der Waals surface area (Å²) in [6, 6.07) is 6.35. The molecular weight excluding hydrogens is 324 g/mol. The van der Waals surface area contributed by atoms with E-state index in [2.05, 4.69) is 5.32 Å². The Balaban J connectivity index is 2.13. The summed E-state index contributed by atoms with van der Waals surface area (Å²) in [5.74, 6) is -2.34. The first-order valence-corrected chi connectivity index (χ1v) is 6.74. The fraction of sp³-hybridized carbons (Fsp3) is 0.133. The number of carbonyl (C=O) groups is 1. The number of nitrogen functional groups attached to an aromatic ring is 1. The summed E-state index contributed by atoms with van der Waals surface area (Å²) in [4.78, 5) is 21.9. The van der Waals surface area contributed by atoms with Gasteiger partial charge in [-0.25, -0.2) is 8.78 Å². The van der Waals surface area contributed by atoms with E-state index in [0.29, 0.717) is 11.6 Å². The Morgan fingerprint density at radius 3 is 2.46 bits per heavy atom. The van der Waals surface area contributed by atoms with E-state index in [4.69, 9.17) is 5.73 Å². The number of nitrogens with two attached hydrogens (primary N) is 1. The summed E-state index contributed by atoms with van der Waals surface area (Å²) in [6.45, 7) is -0.270. The molecule has 0 bridgehead atoms. The highest BCUT2D eigenvalue weighted by Crippen LogP contribution is 2.26. The first-order chi connectivity index (χ1) is 11.3. The Kier molecular flexibility index (Phi) is 5.05. The molecule has 0 aromatic heterocycles. The van der Waals surface area contributed by atoms with E-state index in [9.17, 15) is 28.8 Å². The van der Waals surface area contributed by atoms with Gasteiger partial charge in [0.2, 0.25) is 0 Å². The number of aliphatic hydroxyl groups excluding tert-OH is 1. The van der Waals surface area contributed by atoms with Crippen molar-refractivity contribution in [2.75, 3.05) is 12.3 Å². The molecule has 1 atom stereocenters. The maximum absolute atomic E-state index is 13.4. The van der Waals surface area contributed by atoms with Crippen LogP contribution in [0.2, 0.25) is 0 Å². The normalized spacial score (nSPS) is 11.8. The average molecular weight is 337 g/mol. The number of nitro groups is 1. The molecule has 4 N–H and O–H groups in total. The average Bonchev–Trinajstić information content (AvgIpc) is 2.54. The lowest BCUT2D eigenvalue weighted by atomic mass is 10.1. The summed E-state index contributed by atoms with van der Waals surface area (Å²) in [6.07, 6.45) is -1.14. The largest absolute Gasteiger partial charge is 0.393 e. The number of nitrogens with one attached hydrogen (secondary N) is 1. The van der Waals surface area contributed by atoms with Gasteiger partial charge in [0.15, 0.2) is 0 Å². The van der Waals surface area contributed by atoms with Crippen molar-refractivity contribution in [2.45, 2.75) is 6.10 Å². The molecule has 9 heteroatoms. The lowest BCUT2D eigenvalue weighted by molar-refractivity contribution is -0.384. The molecular formula is C15H13F2N3O4. The van der Waals surface area contributed by atoms with Crippen molar-refractivity contribution in [1.29, 1.82) is 0 Å². The molecule has 2 aromatic carbocycles. The van der Waals surface area contributed by atoms with Gasteiger partial charge in [0, 0.05) is 6.54 Å². The Morgan fingerprint density at radius 1 is 1.25 bits per heavy atom. The van der Waals surface area contributed by atoms with Crippen molar-refractivity contribution in [3.8, 4) is 0 Å². The highest BCUT2D eigenvalue weighted by molar-refractivity contribution is 6.01. The third-order valence-corrected chi connectivity index (χ3v) is 3.28. The van der Waals surface area contributed by atoms with Crippen LogP contribution in [0.5, 0.6) is 0 Å². The van der Waals surface area contributed by atoms with Crippen LogP contribution in [0.25, 0.3) is 0 Å². The van der Waals surface area contributed by atoms with Gasteiger partial charge in [-0.05, 0) is 23.8 Å². The molecule has 0 spiro atoms. The van der Waals surface area contributed by atoms with Gasteiger partial charge in [-0.15, -0.1) is 0 Å². The maximum atomic E-state index is 13.4. The molecule has 0 fully saturated rings. The molecule has 2 rings (SSSR count). The second-order valence-electron chi connectivity index (χ2n) is 4.92. The molecule has 0 saturated heterocycles. The van der Waals surface area contributed by atoms with Crippen molar-refractivity contribution < 1.29 is 23.6 Å². The highest BCUT2D eigenvalue weighted by Gasteiger charge is 2.22. The monoisotopic (exact) mass is 337 g/mol. The number of aliphatic hydroxyl groups is 1. The van der Waals surface area contributed by atoms with Crippen molar-refractivity contribution in [3.05, 3.63) is 69.3 Å². The van der Waals surface area contributed by atoms with E-state index in [1.54, 1.807) is 0 Å². The molecule has 0 saturated carbocycles. The van der Waals surface area contributed by atoms with Gasteiger partial charge in [-0.1, -0.05) is 12.1 Å². The smallest absolute Gasteiger partial charge is 0.295 e. The third-order valence-electron chi connectivity index (χ3n) is 3.28. The number of nitrogens with zero attached hydrogens (tertiary/aromatic N) is 1. The van der Waals surface area contributed by atoms with Crippen LogP contribution in [0.15, 0.2) is 36.4 Å². The summed E-state index contributed by atoms with van der Waals surface area (Å²) >= 11 is 0. The quantitative estimate of drug-likeness (QED) is 0.437. The topological polar surface area (TPSA) is 118 Å². The number of rotatable bonds is 5. The van der Waals surface area contributed by atoms with Gasteiger partial charge in [-0.2, -0.15) is 0 Å². The van der Waals surface area contributed by atoms with Gasteiger partial charge in [0.05, 0.1) is 22.7 Å². The molecule has 2 aromatic rings. The lowest BCUT2D eigenvalue weighted by Gasteiger charge is -2.13. The van der Waals surface area contributed by atoms with Gasteiger partial charge in [-0.3, -0.25) is 14.9 Å². The first kappa shape index (κ1) is 17.3. The number of benzene rings is 2. The lowest BCUT2D eigenvalue weighted by Crippen LogP contribution is -2.29. The van der Waals surface area contributed by atoms with Gasteiger partial charge < -0.3 is 16.2 Å². The highest BCUT2D eigenvalue weighted by atomic mass is 19.1. The summed E-state index contributed by atoms with van der Waals surface area (Å²) in [5.41, 5.74) is 4.26. The van der Waals surface area contributed by atoms with E-state index in [1.165, 1.54) is 12.1 Å². The van der Waals surface area contributed by atoms with Gasteiger partial charge in [0.25, 0.3) is 11.6 Å². The molecule has 1 amide bonds. The van der Waals surface area contributed by atoms with Gasteiger partial charge in [0.1, 0.15) is 17.3 Å². The van der Waals surface area contributed by atoms with Crippen LogP contribution in [0.3, 0.4) is 0 Å². The molecule has 0 heterocycles. The molecule has 0 aliphatic carbocycles. The Bertz CT molecular complexity index is 781. The standard InChI is InChI=1S/C15H13F2N3O4/c16-9-3-1-8(2-4-9)13(21)7-19-15(22)11-5-10(17)6-12(14(11)18)20(23)24/h1-6,13,21H,7,18H2,(H,19,22). The zero-order valence-corrected chi connectivity index (χ0v) is 12.2. The van der Waals surface area contributed by atoms with Crippen LogP contribution < -0.4 is 11.1 Å². The SMILES string of the molecule is Nc1c(C(=O)NCC(O)c2ccc(F)cc2)cc(F)cc1[N+](=O)[O-]. The number of hydrogen-bond acceptors (Lipinski definition) is 5. The second kappa shape index (κ2) is 7.01. The summed E-state index contributed by atoms with van der Waals surface area (Å²) in [7, 11) is 0. The number of hydrogen-bond donors (Lipinski definition) is 3. The van der Waals surface area contributed by atoms with E-state index < -0.39 is 45.5 Å². The second-order valence-corrected chi connectivity index (χ2v) is 4.92. The molecule has 0 aliphatic heterocycles. The van der Waals surface area contributed by atoms with Crippen molar-refractivity contribution in [1.82, 2.24) is 5.32 Å². The van der Waals surface area contributed by atoms with Crippen LogP contribution in [-0.4, -0.2) is 22.5 Å². The molecule has 126 valence electrons. The molecule has 24 heavy (non-hydrogen) atoms. The molecule has 0 radical (unpaired) electrons. The van der Waals surface area contributed by atoms with Crippen molar-refractivity contribution >= 4 is 17.3 Å². The van der Waals surface area contributed by atoms with Crippen LogP contribution in [0, 0.1) is 21.7 Å². The van der Waals surface area contributed by atoms with Crippen LogP contribution in [-0.2, 0) is 0 Å². The number of nitro benzene ring substituents is 1. The van der Waals surface area contributed by atoms with E-state index in [0.717, 1.165) is 18.2 Å². The molecule has 0 aliphatic rings. The van der Waals surface area contributed by atoms with E-state index >= 15 is 0 Å². The van der Waals surface area contributed by atoms with Crippen molar-refractivity contribution in [2.24, 2.45) is 0 Å². The fourth-order valence-corrected chi connectivity index (χ4v) is 2.03. The maximum Gasteiger partial charge on any atom is 0.295 e. The van der Waals surface area contributed by atoms with Crippen LogP contribution >= 0.6 is 0 Å². The minimum absolute atomic E-state index is 0.270. The fourth-order valence-electron chi connectivity index (χ4n) is 2.03. The van der Waals surface area contributed by atoms with Crippen LogP contribution in [0.1, 0.15) is 22.0 Å². The van der Waals surface area contributed by atoms with Crippen LogP contribution in [0.4, 0.5) is 20.2 Å². The number of carbonyl (C=O) groups excluding carboxylic acids is 1. The van der Waals surface area contributed by atoms with Crippen molar-refractivity contribution in [3.63, 3.8) is 0 Å². The minimum Gasteiger partial charge on any atom is -0.393 e. The first-order valence-electron chi connectivity index (χ1n) is 6.74. The number of halogens is 2. The predicted octanol–water partition coefficient (Wildman–Crippen LogP) is 1.92. The Hall–Kier alpha value is -3.07. The number of anilines is 1. The van der Waals surface area contributed by atoms with E-state index in [-0.39, 0.29) is 6.54 Å². The third kappa shape index (κ3) is 3.82. The van der Waals surface area contributed by atoms with E-state index in [1.807, 2.05) is 0 Å². The summed E-state index contributed by atoms with van der Waals surface area (Å²) < 4.78 is 26.2. The predicted molar refractivity (Wildman–Crippen MR) is 81.2 cm³/mol. The Morgan fingerprint density at radius 2 is 1.88 bits per heavy atom.